The Hall–Kier alpha value is -2.34. The summed E-state index contributed by atoms with van der Waals surface area (Å²) in [6.45, 7) is 5.23. The van der Waals surface area contributed by atoms with Crippen LogP contribution in [0, 0.1) is 6.92 Å². The predicted octanol–water partition coefficient (Wildman–Crippen LogP) is 1.69. The smallest absolute Gasteiger partial charge is 0.272 e. The molecule has 1 aromatic carbocycles. The van der Waals surface area contributed by atoms with Gasteiger partial charge < -0.3 is 15.2 Å². The monoisotopic (exact) mass is 303 g/mol. The van der Waals surface area contributed by atoms with Gasteiger partial charge in [0.05, 0.1) is 24.9 Å². The topological polar surface area (TPSA) is 76.4 Å². The molecule has 1 heterocycles. The number of carbonyl (C=O) groups is 1. The molecule has 0 radical (unpaired) electrons. The van der Waals surface area contributed by atoms with Crippen molar-refractivity contribution in [1.29, 1.82) is 0 Å². The molecular weight excluding hydrogens is 282 g/mol. The van der Waals surface area contributed by atoms with Gasteiger partial charge in [0.1, 0.15) is 5.75 Å². The molecule has 22 heavy (non-hydrogen) atoms. The lowest BCUT2D eigenvalue weighted by Crippen LogP contribution is -2.46. The number of rotatable bonds is 5. The Morgan fingerprint density at radius 2 is 2.00 bits per heavy atom. The molecule has 6 nitrogen and oxygen atoms in total. The molecule has 2 N–H and O–H groups in total. The van der Waals surface area contributed by atoms with Crippen LogP contribution in [0.4, 0.5) is 0 Å². The van der Waals surface area contributed by atoms with E-state index in [1.807, 2.05) is 31.2 Å². The number of hydrogen-bond acceptors (Lipinski definition) is 4. The van der Waals surface area contributed by atoms with Crippen molar-refractivity contribution in [3.05, 3.63) is 41.7 Å². The molecule has 6 heteroatoms. The van der Waals surface area contributed by atoms with Crippen molar-refractivity contribution in [2.24, 2.45) is 0 Å². The maximum Gasteiger partial charge on any atom is 0.272 e. The molecule has 0 unspecified atom stereocenters. The van der Waals surface area contributed by atoms with Gasteiger partial charge in [0.15, 0.2) is 5.69 Å². The van der Waals surface area contributed by atoms with E-state index in [4.69, 9.17) is 4.74 Å². The normalized spacial score (nSPS) is 11.3. The zero-order valence-corrected chi connectivity index (χ0v) is 13.3. The first-order valence-electron chi connectivity index (χ1n) is 7.01. The summed E-state index contributed by atoms with van der Waals surface area (Å²) >= 11 is 0. The zero-order valence-electron chi connectivity index (χ0n) is 13.3. The SMILES string of the molecule is COc1ccc(-n2nc(C(=O)NC(C)(C)CO)cc2C)cc1. The number of aliphatic hydroxyl groups excluding tert-OH is 1. The number of nitrogens with zero attached hydrogens (tertiary/aromatic N) is 2. The zero-order chi connectivity index (χ0) is 16.3. The van der Waals surface area contributed by atoms with E-state index >= 15 is 0 Å². The molecule has 0 saturated carbocycles. The molecule has 118 valence electrons. The van der Waals surface area contributed by atoms with Gasteiger partial charge in [-0.2, -0.15) is 5.10 Å². The summed E-state index contributed by atoms with van der Waals surface area (Å²) in [6, 6.07) is 9.14. The van der Waals surface area contributed by atoms with Crippen LogP contribution in [-0.2, 0) is 0 Å². The molecule has 0 fully saturated rings. The first kappa shape index (κ1) is 16.0. The predicted molar refractivity (Wildman–Crippen MR) is 83.5 cm³/mol. The number of benzene rings is 1. The van der Waals surface area contributed by atoms with E-state index in [0.29, 0.717) is 5.69 Å². The van der Waals surface area contributed by atoms with Gasteiger partial charge >= 0.3 is 0 Å². The highest BCUT2D eigenvalue weighted by Crippen LogP contribution is 2.17. The second-order valence-electron chi connectivity index (χ2n) is 5.78. The van der Waals surface area contributed by atoms with Gasteiger partial charge in [-0.25, -0.2) is 4.68 Å². The molecule has 1 aromatic heterocycles. The highest BCUT2D eigenvalue weighted by molar-refractivity contribution is 5.93. The third-order valence-electron chi connectivity index (χ3n) is 3.28. The fraction of sp³-hybridized carbons (Fsp3) is 0.375. The van der Waals surface area contributed by atoms with E-state index in [1.165, 1.54) is 0 Å². The molecule has 0 atom stereocenters. The van der Waals surface area contributed by atoms with Crippen LogP contribution in [0.15, 0.2) is 30.3 Å². The van der Waals surface area contributed by atoms with Crippen LogP contribution in [0.25, 0.3) is 5.69 Å². The van der Waals surface area contributed by atoms with Crippen molar-refractivity contribution >= 4 is 5.91 Å². The van der Waals surface area contributed by atoms with Gasteiger partial charge in [0, 0.05) is 5.69 Å². The summed E-state index contributed by atoms with van der Waals surface area (Å²) in [6.07, 6.45) is 0. The Morgan fingerprint density at radius 3 is 2.55 bits per heavy atom. The van der Waals surface area contributed by atoms with Crippen LogP contribution in [0.2, 0.25) is 0 Å². The van der Waals surface area contributed by atoms with Crippen LogP contribution >= 0.6 is 0 Å². The van der Waals surface area contributed by atoms with E-state index in [1.54, 1.807) is 31.7 Å². The van der Waals surface area contributed by atoms with Crippen molar-refractivity contribution < 1.29 is 14.6 Å². The van der Waals surface area contributed by atoms with E-state index in [0.717, 1.165) is 17.1 Å². The van der Waals surface area contributed by atoms with E-state index in [9.17, 15) is 9.90 Å². The molecule has 2 aromatic rings. The van der Waals surface area contributed by atoms with Crippen LogP contribution in [0.3, 0.4) is 0 Å². The minimum Gasteiger partial charge on any atom is -0.497 e. The van der Waals surface area contributed by atoms with Crippen LogP contribution in [0.5, 0.6) is 5.75 Å². The molecule has 1 amide bonds. The highest BCUT2D eigenvalue weighted by atomic mass is 16.5. The Balaban J connectivity index is 2.25. The number of ether oxygens (including phenoxy) is 1. The molecule has 0 saturated heterocycles. The number of hydrogen-bond donors (Lipinski definition) is 2. The number of nitrogens with one attached hydrogen (secondary N) is 1. The van der Waals surface area contributed by atoms with Gasteiger partial charge in [-0.05, 0) is 51.1 Å². The average molecular weight is 303 g/mol. The van der Waals surface area contributed by atoms with Crippen molar-refractivity contribution in [2.75, 3.05) is 13.7 Å². The Morgan fingerprint density at radius 1 is 1.36 bits per heavy atom. The number of carbonyl (C=O) groups excluding carboxylic acids is 1. The summed E-state index contributed by atoms with van der Waals surface area (Å²) in [5, 5.41) is 16.3. The summed E-state index contributed by atoms with van der Waals surface area (Å²) in [7, 11) is 1.61. The first-order chi connectivity index (χ1) is 10.4. The third kappa shape index (κ3) is 3.46. The first-order valence-corrected chi connectivity index (χ1v) is 7.01. The number of methoxy groups -OCH3 is 1. The van der Waals surface area contributed by atoms with E-state index in [-0.39, 0.29) is 12.5 Å². The Labute approximate surface area is 129 Å². The van der Waals surface area contributed by atoms with Crippen molar-refractivity contribution in [1.82, 2.24) is 15.1 Å². The van der Waals surface area contributed by atoms with Crippen LogP contribution in [0.1, 0.15) is 30.0 Å². The number of aromatic nitrogens is 2. The minimum absolute atomic E-state index is 0.142. The minimum atomic E-state index is -0.686. The summed E-state index contributed by atoms with van der Waals surface area (Å²) in [4.78, 5) is 12.2. The number of aryl methyl sites for hydroxylation is 1. The average Bonchev–Trinajstić information content (AvgIpc) is 2.89. The van der Waals surface area contributed by atoms with Gasteiger partial charge in [-0.1, -0.05) is 0 Å². The molecule has 0 aliphatic heterocycles. The molecular formula is C16H21N3O3. The van der Waals surface area contributed by atoms with Crippen LogP contribution < -0.4 is 10.1 Å². The van der Waals surface area contributed by atoms with Crippen molar-refractivity contribution in [3.63, 3.8) is 0 Å². The third-order valence-corrected chi connectivity index (χ3v) is 3.28. The molecule has 2 rings (SSSR count). The molecule has 0 aliphatic rings. The highest BCUT2D eigenvalue weighted by Gasteiger charge is 2.22. The number of aliphatic hydroxyl groups is 1. The maximum atomic E-state index is 12.2. The van der Waals surface area contributed by atoms with Gasteiger partial charge in [0.25, 0.3) is 5.91 Å². The van der Waals surface area contributed by atoms with Gasteiger partial charge in [-0.3, -0.25) is 4.79 Å². The maximum absolute atomic E-state index is 12.2. The summed E-state index contributed by atoms with van der Waals surface area (Å²) in [5.74, 6) is 0.450. The summed E-state index contributed by atoms with van der Waals surface area (Å²) < 4.78 is 6.82. The van der Waals surface area contributed by atoms with Crippen LogP contribution in [-0.4, -0.2) is 40.0 Å². The van der Waals surface area contributed by atoms with Crippen molar-refractivity contribution in [3.8, 4) is 11.4 Å². The standard InChI is InChI=1S/C16H21N3O3/c1-11-9-14(15(21)17-16(2,3)10-20)18-19(11)12-5-7-13(22-4)8-6-12/h5-9,20H,10H2,1-4H3,(H,17,21). The lowest BCUT2D eigenvalue weighted by molar-refractivity contribution is 0.0864. The van der Waals surface area contributed by atoms with Crippen molar-refractivity contribution in [2.45, 2.75) is 26.3 Å². The van der Waals surface area contributed by atoms with Gasteiger partial charge in [-0.15, -0.1) is 0 Å². The molecule has 0 bridgehead atoms. The quantitative estimate of drug-likeness (QED) is 0.881. The Bertz CT molecular complexity index is 660. The molecule has 0 aliphatic carbocycles. The molecule has 0 spiro atoms. The van der Waals surface area contributed by atoms with Gasteiger partial charge in [0.2, 0.25) is 0 Å². The second-order valence-corrected chi connectivity index (χ2v) is 5.78. The fourth-order valence-electron chi connectivity index (χ4n) is 1.98. The summed E-state index contributed by atoms with van der Waals surface area (Å²) in [5.41, 5.74) is 1.32. The second kappa shape index (κ2) is 6.19. The van der Waals surface area contributed by atoms with E-state index in [2.05, 4.69) is 10.4 Å². The Kier molecular flexibility index (Phi) is 4.51. The lowest BCUT2D eigenvalue weighted by Gasteiger charge is -2.22. The van der Waals surface area contributed by atoms with E-state index < -0.39 is 5.54 Å². The fourth-order valence-corrected chi connectivity index (χ4v) is 1.98. The number of amides is 1. The lowest BCUT2D eigenvalue weighted by atomic mass is 10.1. The largest absolute Gasteiger partial charge is 0.497 e.